The van der Waals surface area contributed by atoms with Gasteiger partial charge in [0.15, 0.2) is 5.13 Å². The minimum Gasteiger partial charge on any atom is -0.322 e. The van der Waals surface area contributed by atoms with E-state index in [1.165, 1.54) is 46.9 Å². The van der Waals surface area contributed by atoms with Crippen LogP contribution in [0.25, 0.3) is 11.3 Å². The molecule has 1 aromatic heterocycles. The summed E-state index contributed by atoms with van der Waals surface area (Å²) < 4.78 is 13.8. The normalized spacial score (nSPS) is 10.7. The van der Waals surface area contributed by atoms with Gasteiger partial charge < -0.3 is 10.6 Å². The van der Waals surface area contributed by atoms with E-state index >= 15 is 0 Å². The molecule has 4 aromatic rings. The van der Waals surface area contributed by atoms with Gasteiger partial charge in [0.1, 0.15) is 5.82 Å². The standard InChI is InChI=1S/C26H22FN3O2S2/c1-16-10-12-18(13-11-16)24-17(2)34-26(30-24)29-23(31)15-33-20-7-5-6-19(14-20)28-25(32)21-8-3-4-9-22(21)27/h3-14H,15H2,1-2H3,(H,28,32)(H,29,30,31). The summed E-state index contributed by atoms with van der Waals surface area (Å²) in [6.07, 6.45) is 0. The molecule has 0 fully saturated rings. The van der Waals surface area contributed by atoms with Gasteiger partial charge in [-0.3, -0.25) is 9.59 Å². The maximum Gasteiger partial charge on any atom is 0.258 e. The molecule has 2 N–H and O–H groups in total. The van der Waals surface area contributed by atoms with E-state index in [0.29, 0.717) is 10.8 Å². The highest BCUT2D eigenvalue weighted by molar-refractivity contribution is 8.00. The average molecular weight is 492 g/mol. The van der Waals surface area contributed by atoms with Crippen molar-refractivity contribution < 1.29 is 14.0 Å². The molecule has 2 amide bonds. The maximum atomic E-state index is 13.8. The van der Waals surface area contributed by atoms with Crippen LogP contribution in [0.2, 0.25) is 0 Å². The van der Waals surface area contributed by atoms with Crippen LogP contribution < -0.4 is 10.6 Å². The molecule has 0 atom stereocenters. The number of nitrogens with zero attached hydrogens (tertiary/aromatic N) is 1. The van der Waals surface area contributed by atoms with Crippen molar-refractivity contribution in [1.82, 2.24) is 4.98 Å². The Morgan fingerprint density at radius 2 is 1.74 bits per heavy atom. The van der Waals surface area contributed by atoms with E-state index in [0.717, 1.165) is 21.0 Å². The monoisotopic (exact) mass is 491 g/mol. The fraction of sp³-hybridized carbons (Fsp3) is 0.115. The van der Waals surface area contributed by atoms with Crippen LogP contribution in [0.15, 0.2) is 77.7 Å². The fourth-order valence-corrected chi connectivity index (χ4v) is 4.85. The van der Waals surface area contributed by atoms with Crippen molar-refractivity contribution in [2.75, 3.05) is 16.4 Å². The number of anilines is 2. The first-order chi connectivity index (χ1) is 16.4. The lowest BCUT2D eigenvalue weighted by molar-refractivity contribution is -0.113. The zero-order valence-electron chi connectivity index (χ0n) is 18.6. The second kappa shape index (κ2) is 10.6. The Morgan fingerprint density at radius 3 is 2.50 bits per heavy atom. The van der Waals surface area contributed by atoms with E-state index < -0.39 is 11.7 Å². The summed E-state index contributed by atoms with van der Waals surface area (Å²) in [7, 11) is 0. The van der Waals surface area contributed by atoms with Crippen molar-refractivity contribution in [2.24, 2.45) is 0 Å². The molecular weight excluding hydrogens is 469 g/mol. The van der Waals surface area contributed by atoms with E-state index in [9.17, 15) is 14.0 Å². The highest BCUT2D eigenvalue weighted by Gasteiger charge is 2.14. The predicted octanol–water partition coefficient (Wildman–Crippen LogP) is 6.55. The van der Waals surface area contributed by atoms with Crippen molar-refractivity contribution in [3.8, 4) is 11.3 Å². The highest BCUT2D eigenvalue weighted by Crippen LogP contribution is 2.31. The largest absolute Gasteiger partial charge is 0.322 e. The molecule has 0 spiro atoms. The number of aromatic nitrogens is 1. The topological polar surface area (TPSA) is 71.1 Å². The molecule has 5 nitrogen and oxygen atoms in total. The molecule has 0 radical (unpaired) electrons. The summed E-state index contributed by atoms with van der Waals surface area (Å²) >= 11 is 2.78. The third-order valence-electron chi connectivity index (χ3n) is 4.95. The molecule has 4 rings (SSSR count). The van der Waals surface area contributed by atoms with Gasteiger partial charge in [0.05, 0.1) is 17.0 Å². The molecule has 0 saturated heterocycles. The number of aryl methyl sites for hydroxylation is 2. The molecule has 0 aliphatic heterocycles. The van der Waals surface area contributed by atoms with Gasteiger partial charge in [-0.25, -0.2) is 9.37 Å². The summed E-state index contributed by atoms with van der Waals surface area (Å²) in [4.78, 5) is 31.3. The number of hydrogen-bond donors (Lipinski definition) is 2. The van der Waals surface area contributed by atoms with Crippen LogP contribution in [-0.2, 0) is 4.79 Å². The third kappa shape index (κ3) is 5.89. The van der Waals surface area contributed by atoms with Crippen molar-refractivity contribution in [2.45, 2.75) is 18.7 Å². The smallest absolute Gasteiger partial charge is 0.258 e. The number of halogens is 1. The van der Waals surface area contributed by atoms with Gasteiger partial charge in [-0.1, -0.05) is 48.0 Å². The number of carbonyl (C=O) groups excluding carboxylic acids is 2. The van der Waals surface area contributed by atoms with Gasteiger partial charge in [-0.15, -0.1) is 23.1 Å². The summed E-state index contributed by atoms with van der Waals surface area (Å²) in [5.74, 6) is -1.09. The van der Waals surface area contributed by atoms with Gasteiger partial charge in [-0.05, 0) is 44.2 Å². The Morgan fingerprint density at radius 1 is 0.971 bits per heavy atom. The van der Waals surface area contributed by atoms with Crippen LogP contribution in [0.5, 0.6) is 0 Å². The SMILES string of the molecule is Cc1ccc(-c2nc(NC(=O)CSc3cccc(NC(=O)c4ccccc4F)c3)sc2C)cc1. The van der Waals surface area contributed by atoms with Crippen LogP contribution in [-0.4, -0.2) is 22.6 Å². The van der Waals surface area contributed by atoms with Gasteiger partial charge in [0, 0.05) is 21.0 Å². The first-order valence-electron chi connectivity index (χ1n) is 10.5. The number of hydrogen-bond acceptors (Lipinski definition) is 5. The lowest BCUT2D eigenvalue weighted by atomic mass is 10.1. The van der Waals surface area contributed by atoms with Crippen LogP contribution in [0.3, 0.4) is 0 Å². The molecule has 172 valence electrons. The second-order valence-corrected chi connectivity index (χ2v) is 9.84. The Bertz CT molecular complexity index is 1340. The fourth-order valence-electron chi connectivity index (χ4n) is 3.24. The van der Waals surface area contributed by atoms with Crippen molar-refractivity contribution >= 4 is 45.7 Å². The molecule has 0 aliphatic rings. The lowest BCUT2D eigenvalue weighted by Crippen LogP contribution is -2.14. The first-order valence-corrected chi connectivity index (χ1v) is 12.3. The quantitative estimate of drug-likeness (QED) is 0.288. The zero-order valence-corrected chi connectivity index (χ0v) is 20.2. The molecule has 1 heterocycles. The molecule has 0 aliphatic carbocycles. The highest BCUT2D eigenvalue weighted by atomic mass is 32.2. The summed E-state index contributed by atoms with van der Waals surface area (Å²) in [6.45, 7) is 4.02. The molecule has 0 unspecified atom stereocenters. The lowest BCUT2D eigenvalue weighted by Gasteiger charge is -2.08. The first kappa shape index (κ1) is 23.7. The Balaban J connectivity index is 1.35. The van der Waals surface area contributed by atoms with Gasteiger partial charge in [0.25, 0.3) is 5.91 Å². The van der Waals surface area contributed by atoms with Crippen LogP contribution >= 0.6 is 23.1 Å². The third-order valence-corrected chi connectivity index (χ3v) is 6.83. The zero-order chi connectivity index (χ0) is 24.1. The van der Waals surface area contributed by atoms with Crippen molar-refractivity contribution in [3.63, 3.8) is 0 Å². The van der Waals surface area contributed by atoms with E-state index in [2.05, 4.69) is 15.6 Å². The van der Waals surface area contributed by atoms with Gasteiger partial charge in [0.2, 0.25) is 5.91 Å². The second-order valence-electron chi connectivity index (χ2n) is 7.59. The molecule has 0 bridgehead atoms. The molecule has 3 aromatic carbocycles. The molecule has 0 saturated carbocycles. The molecule has 8 heteroatoms. The summed E-state index contributed by atoms with van der Waals surface area (Å²) in [5, 5.41) is 6.12. The number of carbonyl (C=O) groups is 2. The number of benzene rings is 3. The van der Waals surface area contributed by atoms with Crippen LogP contribution in [0.4, 0.5) is 15.2 Å². The molecule has 34 heavy (non-hydrogen) atoms. The predicted molar refractivity (Wildman–Crippen MR) is 137 cm³/mol. The van der Waals surface area contributed by atoms with E-state index in [-0.39, 0.29) is 17.2 Å². The number of rotatable bonds is 7. The summed E-state index contributed by atoms with van der Waals surface area (Å²) in [5.41, 5.74) is 3.56. The summed E-state index contributed by atoms with van der Waals surface area (Å²) in [6, 6.07) is 21.0. The van der Waals surface area contributed by atoms with E-state index in [1.807, 2.05) is 44.2 Å². The Hall–Kier alpha value is -3.49. The number of thiazole rings is 1. The van der Waals surface area contributed by atoms with E-state index in [4.69, 9.17) is 0 Å². The van der Waals surface area contributed by atoms with Crippen LogP contribution in [0, 0.1) is 19.7 Å². The number of thioether (sulfide) groups is 1. The van der Waals surface area contributed by atoms with Crippen molar-refractivity contribution in [3.05, 3.63) is 94.6 Å². The maximum absolute atomic E-state index is 13.8. The van der Waals surface area contributed by atoms with Gasteiger partial charge >= 0.3 is 0 Å². The molecular formula is C26H22FN3O2S2. The van der Waals surface area contributed by atoms with Crippen LogP contribution in [0.1, 0.15) is 20.8 Å². The van der Waals surface area contributed by atoms with Crippen molar-refractivity contribution in [1.29, 1.82) is 0 Å². The minimum absolute atomic E-state index is 0.0244. The Kier molecular flexibility index (Phi) is 7.40. The number of nitrogens with one attached hydrogen (secondary N) is 2. The number of amides is 2. The minimum atomic E-state index is -0.579. The van der Waals surface area contributed by atoms with Gasteiger partial charge in [-0.2, -0.15) is 0 Å². The Labute approximate surface area is 205 Å². The van der Waals surface area contributed by atoms with E-state index in [1.54, 1.807) is 24.3 Å². The average Bonchev–Trinajstić information content (AvgIpc) is 3.18.